The first kappa shape index (κ1) is 16.5. The highest BCUT2D eigenvalue weighted by Crippen LogP contribution is 2.21. The van der Waals surface area contributed by atoms with Crippen LogP contribution in [0.1, 0.15) is 15.9 Å². The van der Waals surface area contributed by atoms with Crippen LogP contribution in [-0.2, 0) is 6.54 Å². The van der Waals surface area contributed by atoms with E-state index in [4.69, 9.17) is 0 Å². The van der Waals surface area contributed by atoms with Crippen LogP contribution in [-0.4, -0.2) is 24.9 Å². The molecule has 0 bridgehead atoms. The molecule has 0 unspecified atom stereocenters. The van der Waals surface area contributed by atoms with Crippen LogP contribution in [0.15, 0.2) is 46.9 Å². The molecule has 0 saturated heterocycles. The van der Waals surface area contributed by atoms with Gasteiger partial charge in [0.15, 0.2) is 0 Å². The molecule has 0 aromatic heterocycles. The summed E-state index contributed by atoms with van der Waals surface area (Å²) in [6.45, 7) is 0.844. The monoisotopic (exact) mass is 458 g/mol. The molecule has 110 valence electrons. The van der Waals surface area contributed by atoms with E-state index in [0.29, 0.717) is 5.56 Å². The first-order chi connectivity index (χ1) is 9.95. The highest BCUT2D eigenvalue weighted by atomic mass is 127. The molecule has 0 fully saturated rings. The zero-order chi connectivity index (χ0) is 15.4. The largest absolute Gasteiger partial charge is 0.322 e. The van der Waals surface area contributed by atoms with E-state index in [-0.39, 0.29) is 5.91 Å². The molecule has 3 nitrogen and oxygen atoms in total. The van der Waals surface area contributed by atoms with Crippen LogP contribution in [0.4, 0.5) is 5.69 Å². The number of hydrogen-bond acceptors (Lipinski definition) is 2. The lowest BCUT2D eigenvalue weighted by atomic mass is 10.1. The number of nitrogens with one attached hydrogen (secondary N) is 1. The number of benzene rings is 2. The minimum absolute atomic E-state index is 0.109. The summed E-state index contributed by atoms with van der Waals surface area (Å²) in [5.74, 6) is -0.109. The van der Waals surface area contributed by atoms with Crippen molar-refractivity contribution in [2.24, 2.45) is 0 Å². The van der Waals surface area contributed by atoms with E-state index < -0.39 is 0 Å². The van der Waals surface area contributed by atoms with Crippen molar-refractivity contribution in [3.8, 4) is 0 Å². The van der Waals surface area contributed by atoms with Crippen LogP contribution in [0.5, 0.6) is 0 Å². The minimum atomic E-state index is -0.109. The fourth-order valence-electron chi connectivity index (χ4n) is 1.98. The number of amides is 1. The van der Waals surface area contributed by atoms with Crippen LogP contribution in [0.3, 0.4) is 0 Å². The third-order valence-corrected chi connectivity index (χ3v) is 4.22. The Morgan fingerprint density at radius 2 is 2.00 bits per heavy atom. The highest BCUT2D eigenvalue weighted by Gasteiger charge is 2.11. The van der Waals surface area contributed by atoms with Crippen LogP contribution in [0.25, 0.3) is 0 Å². The Balaban J connectivity index is 2.17. The van der Waals surface area contributed by atoms with Gasteiger partial charge >= 0.3 is 0 Å². The van der Waals surface area contributed by atoms with Crippen LogP contribution < -0.4 is 5.32 Å². The average Bonchev–Trinajstić information content (AvgIpc) is 2.41. The molecule has 2 aromatic carbocycles. The molecular formula is C16H16BrIN2O. The number of halogens is 2. The van der Waals surface area contributed by atoms with Crippen molar-refractivity contribution in [3.63, 3.8) is 0 Å². The number of rotatable bonds is 4. The molecule has 1 amide bonds. The van der Waals surface area contributed by atoms with Gasteiger partial charge in [-0.05, 0) is 88.5 Å². The lowest BCUT2D eigenvalue weighted by molar-refractivity contribution is 0.102. The van der Waals surface area contributed by atoms with Crippen molar-refractivity contribution >= 4 is 50.1 Å². The lowest BCUT2D eigenvalue weighted by Crippen LogP contribution is -2.14. The van der Waals surface area contributed by atoms with Gasteiger partial charge in [0, 0.05) is 20.3 Å². The number of hydrogen-bond donors (Lipinski definition) is 1. The fraction of sp³-hybridized carbons (Fsp3) is 0.188. The number of nitrogens with zero attached hydrogens (tertiary/aromatic N) is 1. The normalized spacial score (nSPS) is 10.7. The zero-order valence-corrected chi connectivity index (χ0v) is 15.6. The Morgan fingerprint density at radius 3 is 2.71 bits per heavy atom. The van der Waals surface area contributed by atoms with Gasteiger partial charge in [0.25, 0.3) is 5.91 Å². The Kier molecular flexibility index (Phi) is 5.78. The molecule has 0 aliphatic heterocycles. The Morgan fingerprint density at radius 1 is 1.24 bits per heavy atom. The molecule has 2 rings (SSSR count). The van der Waals surface area contributed by atoms with Gasteiger partial charge in [-0.2, -0.15) is 0 Å². The van der Waals surface area contributed by atoms with E-state index in [0.717, 1.165) is 20.3 Å². The molecule has 1 N–H and O–H groups in total. The summed E-state index contributed by atoms with van der Waals surface area (Å²) in [4.78, 5) is 14.5. The van der Waals surface area contributed by atoms with E-state index in [1.165, 1.54) is 5.56 Å². The predicted molar refractivity (Wildman–Crippen MR) is 98.6 cm³/mol. The summed E-state index contributed by atoms with van der Waals surface area (Å²) in [5, 5.41) is 2.95. The molecular weight excluding hydrogens is 443 g/mol. The molecule has 0 aliphatic carbocycles. The predicted octanol–water partition coefficient (Wildman–Crippen LogP) is 4.37. The van der Waals surface area contributed by atoms with Gasteiger partial charge < -0.3 is 10.2 Å². The molecule has 2 aromatic rings. The molecule has 0 spiro atoms. The number of carbonyl (C=O) groups excluding carboxylic acids is 1. The fourth-order valence-corrected chi connectivity index (χ4v) is 2.90. The lowest BCUT2D eigenvalue weighted by Gasteiger charge is -2.12. The second-order valence-corrected chi connectivity index (χ2v) is 7.12. The second-order valence-electron chi connectivity index (χ2n) is 5.02. The Hall–Kier alpha value is -0.920. The first-order valence-electron chi connectivity index (χ1n) is 6.46. The summed E-state index contributed by atoms with van der Waals surface area (Å²) in [6.07, 6.45) is 0. The third kappa shape index (κ3) is 4.79. The highest BCUT2D eigenvalue weighted by molar-refractivity contribution is 14.1. The SMILES string of the molecule is CN(C)Cc1cccc(NC(=O)c2cc(I)ccc2Br)c1. The van der Waals surface area contributed by atoms with Gasteiger partial charge in [0.05, 0.1) is 5.56 Å². The summed E-state index contributed by atoms with van der Waals surface area (Å²) < 4.78 is 1.83. The molecule has 0 saturated carbocycles. The minimum Gasteiger partial charge on any atom is -0.322 e. The van der Waals surface area contributed by atoms with E-state index in [1.54, 1.807) is 0 Å². The summed E-state index contributed by atoms with van der Waals surface area (Å²) in [7, 11) is 4.04. The maximum atomic E-state index is 12.4. The van der Waals surface area contributed by atoms with E-state index in [2.05, 4.69) is 54.8 Å². The molecule has 0 aliphatic rings. The van der Waals surface area contributed by atoms with Crippen LogP contribution >= 0.6 is 38.5 Å². The molecule has 0 heterocycles. The van der Waals surface area contributed by atoms with Crippen molar-refractivity contribution in [1.29, 1.82) is 0 Å². The quantitative estimate of drug-likeness (QED) is 0.690. The summed E-state index contributed by atoms with van der Waals surface area (Å²) in [6, 6.07) is 13.6. The van der Waals surface area contributed by atoms with Crippen molar-refractivity contribution in [2.75, 3.05) is 19.4 Å². The Bertz CT molecular complexity index is 658. The van der Waals surface area contributed by atoms with Gasteiger partial charge in [-0.25, -0.2) is 0 Å². The van der Waals surface area contributed by atoms with Crippen LogP contribution in [0.2, 0.25) is 0 Å². The second kappa shape index (κ2) is 7.38. The van der Waals surface area contributed by atoms with Crippen molar-refractivity contribution < 1.29 is 4.79 Å². The third-order valence-electron chi connectivity index (χ3n) is 2.86. The average molecular weight is 459 g/mol. The summed E-state index contributed by atoms with van der Waals surface area (Å²) >= 11 is 5.62. The van der Waals surface area contributed by atoms with Crippen molar-refractivity contribution in [2.45, 2.75) is 6.54 Å². The molecule has 0 radical (unpaired) electrons. The molecule has 0 atom stereocenters. The summed E-state index contributed by atoms with van der Waals surface area (Å²) in [5.41, 5.74) is 2.62. The standard InChI is InChI=1S/C16H16BrIN2O/c1-20(2)10-11-4-3-5-13(8-11)19-16(21)14-9-12(18)6-7-15(14)17/h3-9H,10H2,1-2H3,(H,19,21). The maximum absolute atomic E-state index is 12.4. The number of carbonyl (C=O) groups is 1. The van der Waals surface area contributed by atoms with Crippen molar-refractivity contribution in [1.82, 2.24) is 4.90 Å². The Labute approximate surface area is 147 Å². The maximum Gasteiger partial charge on any atom is 0.256 e. The van der Waals surface area contributed by atoms with E-state index >= 15 is 0 Å². The van der Waals surface area contributed by atoms with Gasteiger partial charge in [-0.1, -0.05) is 12.1 Å². The van der Waals surface area contributed by atoms with E-state index in [1.807, 2.05) is 50.5 Å². The van der Waals surface area contributed by atoms with Gasteiger partial charge in [0.2, 0.25) is 0 Å². The molecule has 5 heteroatoms. The van der Waals surface area contributed by atoms with E-state index in [9.17, 15) is 4.79 Å². The van der Waals surface area contributed by atoms with Gasteiger partial charge in [0.1, 0.15) is 0 Å². The van der Waals surface area contributed by atoms with Crippen molar-refractivity contribution in [3.05, 3.63) is 61.6 Å². The topological polar surface area (TPSA) is 32.3 Å². The van der Waals surface area contributed by atoms with Crippen LogP contribution in [0, 0.1) is 3.57 Å². The zero-order valence-electron chi connectivity index (χ0n) is 11.9. The number of anilines is 1. The van der Waals surface area contributed by atoms with Gasteiger partial charge in [-0.3, -0.25) is 4.79 Å². The molecule has 21 heavy (non-hydrogen) atoms. The van der Waals surface area contributed by atoms with Gasteiger partial charge in [-0.15, -0.1) is 0 Å². The smallest absolute Gasteiger partial charge is 0.256 e. The first-order valence-corrected chi connectivity index (χ1v) is 8.33.